The zero-order valence-electron chi connectivity index (χ0n) is 9.22. The van der Waals surface area contributed by atoms with E-state index in [2.05, 4.69) is 17.1 Å². The van der Waals surface area contributed by atoms with Crippen molar-refractivity contribution in [2.45, 2.75) is 39.0 Å². The van der Waals surface area contributed by atoms with Gasteiger partial charge in [0, 0.05) is 19.5 Å². The average molecular weight is 198 g/mol. The zero-order chi connectivity index (χ0) is 10.2. The van der Waals surface area contributed by atoms with Crippen LogP contribution in [-0.2, 0) is 4.79 Å². The molecule has 0 aliphatic carbocycles. The highest BCUT2D eigenvalue weighted by Gasteiger charge is 2.10. The molecule has 0 aromatic carbocycles. The number of rotatable bonds is 6. The Balaban J connectivity index is 1.94. The van der Waals surface area contributed by atoms with Crippen LogP contribution in [-0.4, -0.2) is 37.0 Å². The van der Waals surface area contributed by atoms with Crippen LogP contribution >= 0.6 is 0 Å². The Bertz CT molecular complexity index is 165. The zero-order valence-corrected chi connectivity index (χ0v) is 9.22. The standard InChI is InChI=1S/C11H22N2O/c1-2-3-6-11(14)12-7-10-13-8-4-5-9-13/h2-10H2,1H3,(H,12,14). The third-order valence-electron chi connectivity index (χ3n) is 2.71. The molecule has 0 atom stereocenters. The van der Waals surface area contributed by atoms with Gasteiger partial charge >= 0.3 is 0 Å². The topological polar surface area (TPSA) is 32.3 Å². The van der Waals surface area contributed by atoms with Crippen LogP contribution in [0.1, 0.15) is 39.0 Å². The number of likely N-dealkylation sites (tertiary alicyclic amines) is 1. The third kappa shape index (κ3) is 4.61. The van der Waals surface area contributed by atoms with Crippen molar-refractivity contribution in [2.75, 3.05) is 26.2 Å². The Morgan fingerprint density at radius 3 is 2.71 bits per heavy atom. The molecule has 1 aliphatic rings. The van der Waals surface area contributed by atoms with Crippen LogP contribution in [0.25, 0.3) is 0 Å². The van der Waals surface area contributed by atoms with Crippen molar-refractivity contribution in [2.24, 2.45) is 0 Å². The molecule has 1 aliphatic heterocycles. The summed E-state index contributed by atoms with van der Waals surface area (Å²) in [5, 5.41) is 2.96. The normalized spacial score (nSPS) is 17.2. The van der Waals surface area contributed by atoms with Gasteiger partial charge in [0.2, 0.25) is 5.91 Å². The Hall–Kier alpha value is -0.570. The van der Waals surface area contributed by atoms with Gasteiger partial charge in [0.25, 0.3) is 0 Å². The lowest BCUT2D eigenvalue weighted by Crippen LogP contribution is -2.33. The summed E-state index contributed by atoms with van der Waals surface area (Å²) in [5.41, 5.74) is 0. The number of hydrogen-bond donors (Lipinski definition) is 1. The molecule has 0 bridgehead atoms. The summed E-state index contributed by atoms with van der Waals surface area (Å²) in [6, 6.07) is 0. The Labute approximate surface area is 86.9 Å². The minimum atomic E-state index is 0.214. The van der Waals surface area contributed by atoms with Gasteiger partial charge in [-0.05, 0) is 32.4 Å². The van der Waals surface area contributed by atoms with Gasteiger partial charge in [0.1, 0.15) is 0 Å². The summed E-state index contributed by atoms with van der Waals surface area (Å²) in [6.07, 6.45) is 5.44. The molecule has 3 heteroatoms. The van der Waals surface area contributed by atoms with E-state index in [9.17, 15) is 4.79 Å². The number of unbranched alkanes of at least 4 members (excludes halogenated alkanes) is 1. The highest BCUT2D eigenvalue weighted by molar-refractivity contribution is 5.75. The van der Waals surface area contributed by atoms with Crippen LogP contribution in [0.3, 0.4) is 0 Å². The van der Waals surface area contributed by atoms with Crippen molar-refractivity contribution in [3.8, 4) is 0 Å². The molecule has 1 N–H and O–H groups in total. The molecule has 14 heavy (non-hydrogen) atoms. The Morgan fingerprint density at radius 2 is 2.07 bits per heavy atom. The smallest absolute Gasteiger partial charge is 0.220 e. The van der Waals surface area contributed by atoms with E-state index >= 15 is 0 Å². The predicted molar refractivity (Wildman–Crippen MR) is 58.2 cm³/mol. The molecule has 0 radical (unpaired) electrons. The number of nitrogens with one attached hydrogen (secondary N) is 1. The lowest BCUT2D eigenvalue weighted by Gasteiger charge is -2.14. The van der Waals surface area contributed by atoms with Crippen LogP contribution < -0.4 is 5.32 Å². The molecule has 0 unspecified atom stereocenters. The quantitative estimate of drug-likeness (QED) is 0.699. The van der Waals surface area contributed by atoms with E-state index in [-0.39, 0.29) is 5.91 Å². The van der Waals surface area contributed by atoms with Crippen molar-refractivity contribution < 1.29 is 4.79 Å². The van der Waals surface area contributed by atoms with Crippen LogP contribution in [0.15, 0.2) is 0 Å². The van der Waals surface area contributed by atoms with Gasteiger partial charge in [-0.1, -0.05) is 13.3 Å². The van der Waals surface area contributed by atoms with E-state index in [0.29, 0.717) is 6.42 Å². The maximum Gasteiger partial charge on any atom is 0.220 e. The largest absolute Gasteiger partial charge is 0.355 e. The Morgan fingerprint density at radius 1 is 1.36 bits per heavy atom. The summed E-state index contributed by atoms with van der Waals surface area (Å²) in [6.45, 7) is 6.38. The van der Waals surface area contributed by atoms with Gasteiger partial charge in [-0.25, -0.2) is 0 Å². The number of hydrogen-bond acceptors (Lipinski definition) is 2. The highest BCUT2D eigenvalue weighted by atomic mass is 16.1. The monoisotopic (exact) mass is 198 g/mol. The molecule has 0 aromatic heterocycles. The van der Waals surface area contributed by atoms with Gasteiger partial charge in [0.05, 0.1) is 0 Å². The van der Waals surface area contributed by atoms with E-state index in [1.54, 1.807) is 0 Å². The van der Waals surface area contributed by atoms with Crippen molar-refractivity contribution >= 4 is 5.91 Å². The van der Waals surface area contributed by atoms with E-state index in [1.165, 1.54) is 25.9 Å². The van der Waals surface area contributed by atoms with E-state index in [1.807, 2.05) is 0 Å². The molecule has 82 valence electrons. The first-order valence-corrected chi connectivity index (χ1v) is 5.82. The molecule has 1 saturated heterocycles. The summed E-state index contributed by atoms with van der Waals surface area (Å²) in [7, 11) is 0. The molecule has 1 heterocycles. The maximum absolute atomic E-state index is 11.2. The van der Waals surface area contributed by atoms with Gasteiger partial charge < -0.3 is 10.2 Å². The van der Waals surface area contributed by atoms with E-state index in [4.69, 9.17) is 0 Å². The molecule has 1 amide bonds. The molecular formula is C11H22N2O. The first-order chi connectivity index (χ1) is 6.83. The fourth-order valence-corrected chi connectivity index (χ4v) is 1.79. The van der Waals surface area contributed by atoms with Crippen molar-refractivity contribution in [1.82, 2.24) is 10.2 Å². The minimum absolute atomic E-state index is 0.214. The van der Waals surface area contributed by atoms with Crippen LogP contribution in [0.5, 0.6) is 0 Å². The number of nitrogens with zero attached hydrogens (tertiary/aromatic N) is 1. The van der Waals surface area contributed by atoms with Crippen molar-refractivity contribution in [3.63, 3.8) is 0 Å². The summed E-state index contributed by atoms with van der Waals surface area (Å²) < 4.78 is 0. The lowest BCUT2D eigenvalue weighted by molar-refractivity contribution is -0.121. The number of carbonyl (C=O) groups is 1. The van der Waals surface area contributed by atoms with E-state index in [0.717, 1.165) is 25.9 Å². The molecule has 3 nitrogen and oxygen atoms in total. The van der Waals surface area contributed by atoms with Crippen LogP contribution in [0.2, 0.25) is 0 Å². The SMILES string of the molecule is CCCCC(=O)NCCN1CCCC1. The first kappa shape index (κ1) is 11.5. The fourth-order valence-electron chi connectivity index (χ4n) is 1.79. The highest BCUT2D eigenvalue weighted by Crippen LogP contribution is 2.05. The second-order valence-electron chi connectivity index (χ2n) is 4.00. The molecular weight excluding hydrogens is 176 g/mol. The minimum Gasteiger partial charge on any atom is -0.355 e. The lowest BCUT2D eigenvalue weighted by atomic mass is 10.2. The van der Waals surface area contributed by atoms with Crippen molar-refractivity contribution in [3.05, 3.63) is 0 Å². The fraction of sp³-hybridized carbons (Fsp3) is 0.909. The second-order valence-corrected chi connectivity index (χ2v) is 4.00. The van der Waals surface area contributed by atoms with Gasteiger partial charge in [-0.3, -0.25) is 4.79 Å². The maximum atomic E-state index is 11.2. The second kappa shape index (κ2) is 6.82. The predicted octanol–water partition coefficient (Wildman–Crippen LogP) is 1.39. The van der Waals surface area contributed by atoms with Gasteiger partial charge in [-0.15, -0.1) is 0 Å². The molecule has 0 spiro atoms. The van der Waals surface area contributed by atoms with Crippen LogP contribution in [0, 0.1) is 0 Å². The van der Waals surface area contributed by atoms with Gasteiger partial charge in [-0.2, -0.15) is 0 Å². The molecule has 1 rings (SSSR count). The summed E-state index contributed by atoms with van der Waals surface area (Å²) >= 11 is 0. The van der Waals surface area contributed by atoms with Crippen molar-refractivity contribution in [1.29, 1.82) is 0 Å². The summed E-state index contributed by atoms with van der Waals surface area (Å²) in [5.74, 6) is 0.214. The molecule has 1 fully saturated rings. The first-order valence-electron chi connectivity index (χ1n) is 5.82. The molecule has 0 aromatic rings. The third-order valence-corrected chi connectivity index (χ3v) is 2.71. The molecule has 0 saturated carbocycles. The van der Waals surface area contributed by atoms with Gasteiger partial charge in [0.15, 0.2) is 0 Å². The number of amides is 1. The number of carbonyl (C=O) groups excluding carboxylic acids is 1. The van der Waals surface area contributed by atoms with Crippen LogP contribution in [0.4, 0.5) is 0 Å². The average Bonchev–Trinajstić information content (AvgIpc) is 2.67. The van der Waals surface area contributed by atoms with E-state index < -0.39 is 0 Å². The Kier molecular flexibility index (Phi) is 5.60. The summed E-state index contributed by atoms with van der Waals surface area (Å²) in [4.78, 5) is 13.7.